The Kier molecular flexibility index (Phi) is 3.82. The molecule has 0 aliphatic heterocycles. The molecule has 6 heteroatoms. The second kappa shape index (κ2) is 5.11. The second-order valence-electron chi connectivity index (χ2n) is 2.94. The molecule has 0 aromatic heterocycles. The van der Waals surface area contributed by atoms with E-state index in [2.05, 4.69) is 15.4 Å². The van der Waals surface area contributed by atoms with E-state index in [1.54, 1.807) is 7.05 Å². The Bertz CT molecular complexity index is 393. The van der Waals surface area contributed by atoms with Gasteiger partial charge in [0.15, 0.2) is 0 Å². The van der Waals surface area contributed by atoms with E-state index >= 15 is 0 Å². The molecule has 3 N–H and O–H groups in total. The van der Waals surface area contributed by atoms with Crippen molar-refractivity contribution in [1.29, 1.82) is 0 Å². The highest BCUT2D eigenvalue weighted by atomic mass is 16.5. The molecule has 0 aliphatic rings. The molecule has 0 fully saturated rings. The zero-order valence-corrected chi connectivity index (χ0v) is 9.33. The number of benzene rings is 1. The number of hydrogen-bond acceptors (Lipinski definition) is 5. The molecule has 0 atom stereocenters. The number of anilines is 2. The van der Waals surface area contributed by atoms with Crippen LogP contribution in [0.15, 0.2) is 12.1 Å². The normalized spacial score (nSPS) is 9.44. The molecule has 0 aliphatic carbocycles. The lowest BCUT2D eigenvalue weighted by Crippen LogP contribution is -2.11. The van der Waals surface area contributed by atoms with Crippen molar-refractivity contribution in [3.63, 3.8) is 0 Å². The van der Waals surface area contributed by atoms with Gasteiger partial charge in [0.2, 0.25) is 0 Å². The summed E-state index contributed by atoms with van der Waals surface area (Å²) in [4.78, 5) is 11.0. The Hall–Kier alpha value is -2.11. The second-order valence-corrected chi connectivity index (χ2v) is 2.94. The minimum absolute atomic E-state index is 0.0736. The highest BCUT2D eigenvalue weighted by Crippen LogP contribution is 2.35. The molecule has 0 saturated carbocycles. The molecule has 1 aromatic carbocycles. The van der Waals surface area contributed by atoms with E-state index in [4.69, 9.17) is 4.74 Å². The van der Waals surface area contributed by atoms with Crippen molar-refractivity contribution in [2.24, 2.45) is 0 Å². The highest BCUT2D eigenvalue weighted by Gasteiger charge is 2.11. The van der Waals surface area contributed by atoms with Gasteiger partial charge in [0.1, 0.15) is 11.5 Å². The number of nitrogens with one attached hydrogen (secondary N) is 2. The Morgan fingerprint density at radius 2 is 2.00 bits per heavy atom. The van der Waals surface area contributed by atoms with Crippen LogP contribution in [-0.2, 0) is 4.74 Å². The lowest BCUT2D eigenvalue weighted by Gasteiger charge is -2.12. The summed E-state index contributed by atoms with van der Waals surface area (Å²) in [7, 11) is 4.44. The number of ether oxygens (including phenoxy) is 2. The van der Waals surface area contributed by atoms with Gasteiger partial charge in [-0.05, 0) is 0 Å². The van der Waals surface area contributed by atoms with Crippen LogP contribution in [0.5, 0.6) is 11.5 Å². The van der Waals surface area contributed by atoms with Crippen molar-refractivity contribution in [2.75, 3.05) is 31.9 Å². The van der Waals surface area contributed by atoms with Gasteiger partial charge in [0.05, 0.1) is 25.6 Å². The van der Waals surface area contributed by atoms with Crippen LogP contribution < -0.4 is 15.4 Å². The Morgan fingerprint density at radius 1 is 1.31 bits per heavy atom. The van der Waals surface area contributed by atoms with Gasteiger partial charge in [0.25, 0.3) is 0 Å². The van der Waals surface area contributed by atoms with Gasteiger partial charge < -0.3 is 19.9 Å². The third kappa shape index (κ3) is 2.47. The average Bonchev–Trinajstić information content (AvgIpc) is 2.30. The lowest BCUT2D eigenvalue weighted by atomic mass is 10.2. The van der Waals surface area contributed by atoms with Crippen molar-refractivity contribution in [2.45, 2.75) is 0 Å². The van der Waals surface area contributed by atoms with Gasteiger partial charge >= 0.3 is 6.09 Å². The number of hydrogen-bond donors (Lipinski definition) is 3. The number of methoxy groups -OCH3 is 2. The summed E-state index contributed by atoms with van der Waals surface area (Å²) in [6.45, 7) is 0. The minimum Gasteiger partial charge on any atom is -0.506 e. The predicted molar refractivity (Wildman–Crippen MR) is 60.2 cm³/mol. The molecule has 0 spiro atoms. The van der Waals surface area contributed by atoms with Crippen LogP contribution in [0.3, 0.4) is 0 Å². The Balaban J connectivity index is 3.06. The molecule has 0 saturated heterocycles. The van der Waals surface area contributed by atoms with Crippen molar-refractivity contribution in [3.8, 4) is 11.5 Å². The van der Waals surface area contributed by atoms with E-state index in [-0.39, 0.29) is 11.4 Å². The third-order valence-corrected chi connectivity index (χ3v) is 2.01. The Morgan fingerprint density at radius 3 is 2.50 bits per heavy atom. The SMILES string of the molecule is CNc1cc(O)c(NC(=O)OC)cc1OC. The summed E-state index contributed by atoms with van der Waals surface area (Å²) in [6, 6.07) is 2.95. The fraction of sp³-hybridized carbons (Fsp3) is 0.300. The zero-order chi connectivity index (χ0) is 12.1. The van der Waals surface area contributed by atoms with E-state index in [0.29, 0.717) is 11.4 Å². The molecular weight excluding hydrogens is 212 g/mol. The van der Waals surface area contributed by atoms with Crippen molar-refractivity contribution < 1.29 is 19.4 Å². The number of carbonyl (C=O) groups excluding carboxylic acids is 1. The molecule has 0 heterocycles. The van der Waals surface area contributed by atoms with Crippen LogP contribution in [0.1, 0.15) is 0 Å². The summed E-state index contributed by atoms with van der Waals surface area (Å²) in [5.74, 6) is 0.433. The number of carbonyl (C=O) groups is 1. The first-order valence-corrected chi connectivity index (χ1v) is 4.56. The van der Waals surface area contributed by atoms with Crippen LogP contribution in [0, 0.1) is 0 Å². The number of phenolic OH excluding ortho intramolecular Hbond substituents is 1. The molecule has 88 valence electrons. The standard InChI is InChI=1S/C10H14N2O4/c1-11-7-4-8(13)6(5-9(7)15-2)12-10(14)16-3/h4-5,11,13H,1-3H3,(H,12,14). The molecule has 16 heavy (non-hydrogen) atoms. The number of phenols is 1. The number of amides is 1. The van der Waals surface area contributed by atoms with E-state index in [1.165, 1.54) is 26.4 Å². The van der Waals surface area contributed by atoms with Crippen molar-refractivity contribution >= 4 is 17.5 Å². The summed E-state index contributed by atoms with van der Waals surface area (Å²) in [5, 5.41) is 14.8. The zero-order valence-electron chi connectivity index (χ0n) is 9.33. The smallest absolute Gasteiger partial charge is 0.411 e. The predicted octanol–water partition coefficient (Wildman–Crippen LogP) is 1.62. The number of rotatable bonds is 3. The fourth-order valence-electron chi connectivity index (χ4n) is 1.19. The van der Waals surface area contributed by atoms with E-state index < -0.39 is 6.09 Å². The average molecular weight is 226 g/mol. The maximum Gasteiger partial charge on any atom is 0.411 e. The molecule has 1 amide bonds. The van der Waals surface area contributed by atoms with Gasteiger partial charge in [0, 0.05) is 19.2 Å². The summed E-state index contributed by atoms with van der Waals surface area (Å²) >= 11 is 0. The van der Waals surface area contributed by atoms with E-state index in [0.717, 1.165) is 0 Å². The molecule has 6 nitrogen and oxygen atoms in total. The molecule has 0 bridgehead atoms. The summed E-state index contributed by atoms with van der Waals surface area (Å²) < 4.78 is 9.50. The van der Waals surface area contributed by atoms with Crippen molar-refractivity contribution in [1.82, 2.24) is 0 Å². The fourth-order valence-corrected chi connectivity index (χ4v) is 1.19. The largest absolute Gasteiger partial charge is 0.506 e. The first-order chi connectivity index (χ1) is 7.62. The first-order valence-electron chi connectivity index (χ1n) is 4.56. The van der Waals surface area contributed by atoms with Crippen LogP contribution in [0.4, 0.5) is 16.2 Å². The minimum atomic E-state index is -0.658. The molecule has 0 unspecified atom stereocenters. The maximum atomic E-state index is 11.0. The van der Waals surface area contributed by atoms with Gasteiger partial charge in [-0.1, -0.05) is 0 Å². The van der Waals surface area contributed by atoms with E-state index in [1.807, 2.05) is 0 Å². The number of aromatic hydroxyl groups is 1. The van der Waals surface area contributed by atoms with Gasteiger partial charge in [-0.25, -0.2) is 4.79 Å². The molecule has 1 aromatic rings. The first kappa shape index (κ1) is 12.0. The Labute approximate surface area is 93.2 Å². The van der Waals surface area contributed by atoms with Crippen molar-refractivity contribution in [3.05, 3.63) is 12.1 Å². The maximum absolute atomic E-state index is 11.0. The van der Waals surface area contributed by atoms with Crippen LogP contribution in [0.2, 0.25) is 0 Å². The lowest BCUT2D eigenvalue weighted by molar-refractivity contribution is 0.187. The van der Waals surface area contributed by atoms with Gasteiger partial charge in [-0.2, -0.15) is 0 Å². The highest BCUT2D eigenvalue weighted by molar-refractivity contribution is 5.88. The van der Waals surface area contributed by atoms with Crippen LogP contribution in [-0.4, -0.2) is 32.5 Å². The van der Waals surface area contributed by atoms with Gasteiger partial charge in [-0.3, -0.25) is 5.32 Å². The van der Waals surface area contributed by atoms with Crippen LogP contribution in [0.25, 0.3) is 0 Å². The summed E-state index contributed by atoms with van der Waals surface area (Å²) in [5.41, 5.74) is 0.845. The quantitative estimate of drug-likeness (QED) is 0.682. The molecule has 1 rings (SSSR count). The molecular formula is C10H14N2O4. The summed E-state index contributed by atoms with van der Waals surface area (Å²) in [6.07, 6.45) is -0.658. The van der Waals surface area contributed by atoms with E-state index in [9.17, 15) is 9.90 Å². The van der Waals surface area contributed by atoms with Crippen LogP contribution >= 0.6 is 0 Å². The topological polar surface area (TPSA) is 79.8 Å². The monoisotopic (exact) mass is 226 g/mol. The third-order valence-electron chi connectivity index (χ3n) is 2.01. The van der Waals surface area contributed by atoms with Gasteiger partial charge in [-0.15, -0.1) is 0 Å². The molecule has 0 radical (unpaired) electrons.